The molecule has 2 atom stereocenters. The van der Waals surface area contributed by atoms with E-state index >= 15 is 0 Å². The lowest BCUT2D eigenvalue weighted by atomic mass is 9.92. The predicted octanol–water partition coefficient (Wildman–Crippen LogP) is 2.40. The molecule has 1 saturated heterocycles. The maximum atomic E-state index is 5.43. The van der Waals surface area contributed by atoms with Gasteiger partial charge in [-0.2, -0.15) is 0 Å². The minimum Gasteiger partial charge on any atom is -0.232 e. The summed E-state index contributed by atoms with van der Waals surface area (Å²) < 4.78 is 0. The molecule has 3 rings (SSSR count). The Balaban J connectivity index is 2.00. The molecule has 0 radical (unpaired) electrons. The molecule has 1 aromatic carbocycles. The van der Waals surface area contributed by atoms with Crippen molar-refractivity contribution in [2.75, 3.05) is 0 Å². The summed E-state index contributed by atoms with van der Waals surface area (Å²) in [5, 5.41) is 0. The van der Waals surface area contributed by atoms with Gasteiger partial charge in [0.1, 0.15) is 5.60 Å². The Hall–Kier alpha value is -0.860. The highest BCUT2D eigenvalue weighted by Crippen LogP contribution is 2.48. The third-order valence-corrected chi connectivity index (χ3v) is 3.07. The number of benzene rings is 1. The molecule has 1 saturated carbocycles. The Morgan fingerprint density at radius 1 is 1.23 bits per heavy atom. The van der Waals surface area contributed by atoms with Crippen LogP contribution in [0.4, 0.5) is 0 Å². The summed E-state index contributed by atoms with van der Waals surface area (Å²) in [4.78, 5) is 10.6. The molecular formula is C11H12O2. The van der Waals surface area contributed by atoms with Crippen LogP contribution in [0, 0.1) is 0 Å². The summed E-state index contributed by atoms with van der Waals surface area (Å²) in [5.41, 5.74) is 1.14. The highest BCUT2D eigenvalue weighted by molar-refractivity contribution is 5.24. The molecular weight excluding hydrogens is 164 g/mol. The van der Waals surface area contributed by atoms with Crippen molar-refractivity contribution < 1.29 is 9.78 Å². The Kier molecular flexibility index (Phi) is 1.49. The average Bonchev–Trinajstić information content (AvgIpc) is 2.80. The van der Waals surface area contributed by atoms with Crippen molar-refractivity contribution in [1.29, 1.82) is 0 Å². The summed E-state index contributed by atoms with van der Waals surface area (Å²) in [6.45, 7) is 0. The lowest BCUT2D eigenvalue weighted by Gasteiger charge is -2.24. The van der Waals surface area contributed by atoms with E-state index in [2.05, 4.69) is 24.3 Å². The molecule has 0 spiro atoms. The second kappa shape index (κ2) is 2.56. The fourth-order valence-corrected chi connectivity index (χ4v) is 2.34. The molecule has 68 valence electrons. The van der Waals surface area contributed by atoms with E-state index in [-0.39, 0.29) is 5.60 Å². The zero-order valence-corrected chi connectivity index (χ0v) is 7.40. The van der Waals surface area contributed by atoms with Gasteiger partial charge in [0.25, 0.3) is 0 Å². The van der Waals surface area contributed by atoms with Gasteiger partial charge < -0.3 is 0 Å². The molecule has 2 heteroatoms. The second-order valence-corrected chi connectivity index (χ2v) is 3.90. The van der Waals surface area contributed by atoms with Gasteiger partial charge in [0.05, 0.1) is 6.10 Å². The van der Waals surface area contributed by atoms with Crippen LogP contribution in [0.1, 0.15) is 24.8 Å². The van der Waals surface area contributed by atoms with Gasteiger partial charge in [-0.15, -0.1) is 0 Å². The predicted molar refractivity (Wildman–Crippen MR) is 47.9 cm³/mol. The standard InChI is InChI=1S/C11H12O2/c1-2-4-9(5-3-1)11-7-6-10(8-11)12-13-11/h1-5,10H,6-8H2. The first-order valence-electron chi connectivity index (χ1n) is 4.79. The zero-order valence-electron chi connectivity index (χ0n) is 7.40. The van der Waals surface area contributed by atoms with E-state index in [1.807, 2.05) is 6.07 Å². The molecule has 0 N–H and O–H groups in total. The van der Waals surface area contributed by atoms with E-state index in [1.165, 1.54) is 5.56 Å². The molecule has 2 unspecified atom stereocenters. The molecule has 0 aromatic heterocycles. The van der Waals surface area contributed by atoms with Crippen molar-refractivity contribution in [2.24, 2.45) is 0 Å². The first-order valence-corrected chi connectivity index (χ1v) is 4.79. The largest absolute Gasteiger partial charge is 0.232 e. The molecule has 2 bridgehead atoms. The summed E-state index contributed by atoms with van der Waals surface area (Å²) in [6, 6.07) is 10.4. The quantitative estimate of drug-likeness (QED) is 0.612. The van der Waals surface area contributed by atoms with E-state index in [4.69, 9.17) is 9.78 Å². The minimum atomic E-state index is -0.119. The van der Waals surface area contributed by atoms with Crippen LogP contribution >= 0.6 is 0 Å². The Morgan fingerprint density at radius 2 is 2.08 bits per heavy atom. The van der Waals surface area contributed by atoms with Crippen LogP contribution in [-0.2, 0) is 15.4 Å². The second-order valence-electron chi connectivity index (χ2n) is 3.90. The lowest BCUT2D eigenvalue weighted by Crippen LogP contribution is -2.22. The molecule has 1 heterocycles. The average molecular weight is 176 g/mol. The fraction of sp³-hybridized carbons (Fsp3) is 0.455. The highest BCUT2D eigenvalue weighted by atomic mass is 17.2. The van der Waals surface area contributed by atoms with Gasteiger partial charge in [-0.25, -0.2) is 9.78 Å². The van der Waals surface area contributed by atoms with Crippen LogP contribution in [0.2, 0.25) is 0 Å². The molecule has 2 fully saturated rings. The van der Waals surface area contributed by atoms with E-state index in [1.54, 1.807) is 0 Å². The van der Waals surface area contributed by atoms with Crippen molar-refractivity contribution in [3.8, 4) is 0 Å². The van der Waals surface area contributed by atoms with Crippen molar-refractivity contribution in [1.82, 2.24) is 0 Å². The Labute approximate surface area is 77.4 Å². The van der Waals surface area contributed by atoms with Crippen LogP contribution < -0.4 is 0 Å². The SMILES string of the molecule is c1ccc(C23CCC(C2)OO3)cc1. The normalized spacial score (nSPS) is 36.8. The first-order chi connectivity index (χ1) is 6.39. The van der Waals surface area contributed by atoms with E-state index < -0.39 is 0 Å². The van der Waals surface area contributed by atoms with Gasteiger partial charge in [-0.3, -0.25) is 0 Å². The maximum Gasteiger partial charge on any atom is 0.131 e. The zero-order chi connectivity index (χ0) is 8.73. The smallest absolute Gasteiger partial charge is 0.131 e. The minimum absolute atomic E-state index is 0.119. The lowest BCUT2D eigenvalue weighted by molar-refractivity contribution is -0.351. The van der Waals surface area contributed by atoms with Gasteiger partial charge in [-0.05, 0) is 18.4 Å². The Morgan fingerprint density at radius 3 is 2.62 bits per heavy atom. The number of hydrogen-bond acceptors (Lipinski definition) is 2. The van der Waals surface area contributed by atoms with Crippen molar-refractivity contribution >= 4 is 0 Å². The van der Waals surface area contributed by atoms with Crippen LogP contribution in [-0.4, -0.2) is 6.10 Å². The van der Waals surface area contributed by atoms with Gasteiger partial charge in [0.15, 0.2) is 0 Å². The fourth-order valence-electron chi connectivity index (χ4n) is 2.34. The van der Waals surface area contributed by atoms with E-state index in [0.717, 1.165) is 19.3 Å². The molecule has 2 nitrogen and oxygen atoms in total. The van der Waals surface area contributed by atoms with Crippen molar-refractivity contribution in [3.05, 3.63) is 35.9 Å². The van der Waals surface area contributed by atoms with Gasteiger partial charge in [0, 0.05) is 6.42 Å². The summed E-state index contributed by atoms with van der Waals surface area (Å²) in [5.74, 6) is 0. The maximum absolute atomic E-state index is 5.43. The Bertz CT molecular complexity index is 299. The van der Waals surface area contributed by atoms with Crippen LogP contribution in [0.5, 0.6) is 0 Å². The molecule has 1 aliphatic carbocycles. The summed E-state index contributed by atoms with van der Waals surface area (Å²) >= 11 is 0. The molecule has 13 heavy (non-hydrogen) atoms. The third-order valence-electron chi connectivity index (χ3n) is 3.07. The van der Waals surface area contributed by atoms with Crippen molar-refractivity contribution in [2.45, 2.75) is 31.0 Å². The van der Waals surface area contributed by atoms with Gasteiger partial charge in [-0.1, -0.05) is 30.3 Å². The molecule has 0 amide bonds. The van der Waals surface area contributed by atoms with Gasteiger partial charge in [0.2, 0.25) is 0 Å². The number of hydrogen-bond donors (Lipinski definition) is 0. The molecule has 1 aliphatic heterocycles. The van der Waals surface area contributed by atoms with Crippen LogP contribution in [0.25, 0.3) is 0 Å². The third kappa shape index (κ3) is 1.02. The molecule has 1 aromatic rings. The summed E-state index contributed by atoms with van der Waals surface area (Å²) in [6.07, 6.45) is 3.59. The van der Waals surface area contributed by atoms with Crippen LogP contribution in [0.15, 0.2) is 30.3 Å². The highest BCUT2D eigenvalue weighted by Gasteiger charge is 2.49. The van der Waals surface area contributed by atoms with E-state index in [9.17, 15) is 0 Å². The monoisotopic (exact) mass is 176 g/mol. The number of rotatable bonds is 1. The number of fused-ring (bicyclic) bond motifs is 2. The first kappa shape index (κ1) is 7.54. The van der Waals surface area contributed by atoms with Crippen molar-refractivity contribution in [3.63, 3.8) is 0 Å². The van der Waals surface area contributed by atoms with Crippen LogP contribution in [0.3, 0.4) is 0 Å². The summed E-state index contributed by atoms with van der Waals surface area (Å²) in [7, 11) is 0. The molecule has 2 aliphatic rings. The van der Waals surface area contributed by atoms with E-state index in [0.29, 0.717) is 6.10 Å². The topological polar surface area (TPSA) is 18.5 Å². The van der Waals surface area contributed by atoms with Gasteiger partial charge >= 0.3 is 0 Å².